The average molecular weight is 278 g/mol. The lowest BCUT2D eigenvalue weighted by molar-refractivity contribution is -0.310. The summed E-state index contributed by atoms with van der Waals surface area (Å²) in [5, 5.41) is 14.2. The summed E-state index contributed by atoms with van der Waals surface area (Å²) in [6.45, 7) is 3.66. The second-order valence-corrected chi connectivity index (χ2v) is 7.79. The van der Waals surface area contributed by atoms with E-state index in [1.807, 2.05) is 0 Å². The number of carboxylic acid groups (broad SMARTS) is 1. The zero-order valence-corrected chi connectivity index (χ0v) is 12.4. The summed E-state index contributed by atoms with van der Waals surface area (Å²) in [5.74, 6) is 0.398. The number of aliphatic carboxylic acids is 1. The van der Waals surface area contributed by atoms with E-state index in [0.717, 1.165) is 32.1 Å². The topological polar surface area (TPSA) is 69.2 Å². The summed E-state index contributed by atoms with van der Waals surface area (Å²) in [4.78, 5) is 22.5. The molecule has 4 bridgehead atoms. The van der Waals surface area contributed by atoms with Gasteiger partial charge in [0.25, 0.3) is 0 Å². The molecular formula is C16H24NO3-. The number of hydrogen-bond acceptors (Lipinski definition) is 3. The van der Waals surface area contributed by atoms with Crippen LogP contribution in [0.25, 0.3) is 0 Å². The lowest BCUT2D eigenvalue weighted by Crippen LogP contribution is -2.59. The first-order valence-corrected chi connectivity index (χ1v) is 7.79. The van der Waals surface area contributed by atoms with E-state index >= 15 is 0 Å². The number of amides is 1. The Morgan fingerprint density at radius 2 is 1.85 bits per heavy atom. The standard InChI is InChI=1S/C16H25NO3/c1-10(17-11(2)18)16-6-12-3-13(7-16)5-15(4-12,9-16)8-14(19)20/h10,12-13H,3-9H2,1-2H3,(H,17,18)(H,19,20)/p-1/t10-,12-,13+,15?,16?/m1/s1. The van der Waals surface area contributed by atoms with Crippen molar-refractivity contribution in [2.24, 2.45) is 22.7 Å². The van der Waals surface area contributed by atoms with Gasteiger partial charge < -0.3 is 15.2 Å². The SMILES string of the molecule is CC(=O)N[C@H](C)C12C[C@@H]3C[C@@H](CC(CC(=O)[O-])(C3)C1)C2. The Hall–Kier alpha value is -1.06. The monoisotopic (exact) mass is 278 g/mol. The molecular weight excluding hydrogens is 254 g/mol. The van der Waals surface area contributed by atoms with Crippen LogP contribution in [0.15, 0.2) is 0 Å². The first-order chi connectivity index (χ1) is 9.32. The molecule has 4 heteroatoms. The molecule has 0 aliphatic heterocycles. The van der Waals surface area contributed by atoms with Gasteiger partial charge in [0.2, 0.25) is 5.91 Å². The van der Waals surface area contributed by atoms with E-state index in [1.165, 1.54) is 6.42 Å². The molecule has 1 N–H and O–H groups in total. The Bertz CT molecular complexity index is 431. The fourth-order valence-electron chi connectivity index (χ4n) is 6.00. The van der Waals surface area contributed by atoms with Gasteiger partial charge in [0.15, 0.2) is 0 Å². The molecule has 0 aromatic carbocycles. The highest BCUT2D eigenvalue weighted by atomic mass is 16.4. The van der Waals surface area contributed by atoms with E-state index in [9.17, 15) is 14.7 Å². The molecule has 1 amide bonds. The van der Waals surface area contributed by atoms with Crippen LogP contribution in [0.3, 0.4) is 0 Å². The van der Waals surface area contributed by atoms with Crippen LogP contribution in [0.1, 0.15) is 58.8 Å². The fraction of sp³-hybridized carbons (Fsp3) is 0.875. The maximum absolute atomic E-state index is 11.4. The van der Waals surface area contributed by atoms with Gasteiger partial charge in [0.1, 0.15) is 0 Å². The number of hydrogen-bond donors (Lipinski definition) is 1. The molecule has 4 saturated carbocycles. The smallest absolute Gasteiger partial charge is 0.217 e. The van der Waals surface area contributed by atoms with Crippen molar-refractivity contribution in [1.29, 1.82) is 0 Å². The largest absolute Gasteiger partial charge is 0.550 e. The van der Waals surface area contributed by atoms with Crippen LogP contribution in [0, 0.1) is 22.7 Å². The number of carboxylic acids is 1. The van der Waals surface area contributed by atoms with Gasteiger partial charge in [-0.3, -0.25) is 4.79 Å². The summed E-state index contributed by atoms with van der Waals surface area (Å²) in [6, 6.07) is 0.145. The third kappa shape index (κ3) is 2.23. The summed E-state index contributed by atoms with van der Waals surface area (Å²) in [6.07, 6.45) is 6.80. The zero-order valence-electron chi connectivity index (χ0n) is 12.4. The summed E-state index contributed by atoms with van der Waals surface area (Å²) >= 11 is 0. The van der Waals surface area contributed by atoms with Crippen molar-refractivity contribution in [2.45, 2.75) is 64.8 Å². The quantitative estimate of drug-likeness (QED) is 0.841. The molecule has 0 radical (unpaired) electrons. The first-order valence-electron chi connectivity index (χ1n) is 7.79. The molecule has 4 nitrogen and oxygen atoms in total. The Morgan fingerprint density at radius 3 is 2.35 bits per heavy atom. The lowest BCUT2D eigenvalue weighted by atomic mass is 9.42. The van der Waals surface area contributed by atoms with E-state index in [4.69, 9.17) is 0 Å². The van der Waals surface area contributed by atoms with Gasteiger partial charge in [0.05, 0.1) is 0 Å². The molecule has 0 heterocycles. The van der Waals surface area contributed by atoms with Gasteiger partial charge in [0, 0.05) is 18.9 Å². The Labute approximate surface area is 120 Å². The molecule has 4 rings (SSSR count). The van der Waals surface area contributed by atoms with Gasteiger partial charge in [-0.15, -0.1) is 0 Å². The molecule has 4 aliphatic rings. The molecule has 4 aliphatic carbocycles. The van der Waals surface area contributed by atoms with Crippen LogP contribution in [0.4, 0.5) is 0 Å². The maximum Gasteiger partial charge on any atom is 0.217 e. The molecule has 112 valence electrons. The van der Waals surface area contributed by atoms with Crippen LogP contribution in [-0.4, -0.2) is 17.9 Å². The third-order valence-electron chi connectivity index (χ3n) is 6.09. The minimum absolute atomic E-state index is 0.0159. The van der Waals surface area contributed by atoms with Crippen molar-refractivity contribution >= 4 is 11.9 Å². The normalized spacial score (nSPS) is 43.3. The Morgan fingerprint density at radius 1 is 1.25 bits per heavy atom. The summed E-state index contributed by atoms with van der Waals surface area (Å²) in [7, 11) is 0. The van der Waals surface area contributed by atoms with Gasteiger partial charge >= 0.3 is 0 Å². The predicted molar refractivity (Wildman–Crippen MR) is 72.5 cm³/mol. The van der Waals surface area contributed by atoms with Crippen molar-refractivity contribution in [3.63, 3.8) is 0 Å². The molecule has 0 spiro atoms. The highest BCUT2D eigenvalue weighted by Crippen LogP contribution is 2.67. The third-order valence-corrected chi connectivity index (χ3v) is 6.09. The molecule has 2 unspecified atom stereocenters. The number of carbonyl (C=O) groups excluding carboxylic acids is 2. The Balaban J connectivity index is 1.86. The molecule has 4 fully saturated rings. The van der Waals surface area contributed by atoms with Gasteiger partial charge in [-0.2, -0.15) is 0 Å². The van der Waals surface area contributed by atoms with Gasteiger partial charge in [-0.1, -0.05) is 0 Å². The molecule has 5 atom stereocenters. The van der Waals surface area contributed by atoms with E-state index in [1.54, 1.807) is 6.92 Å². The molecule has 0 aromatic rings. The number of nitrogens with one attached hydrogen (secondary N) is 1. The molecule has 20 heavy (non-hydrogen) atoms. The van der Waals surface area contributed by atoms with Crippen molar-refractivity contribution in [3.05, 3.63) is 0 Å². The summed E-state index contributed by atoms with van der Waals surface area (Å²) in [5.41, 5.74) is 0.0564. The molecule has 0 aromatic heterocycles. The maximum atomic E-state index is 11.4. The van der Waals surface area contributed by atoms with Crippen molar-refractivity contribution in [1.82, 2.24) is 5.32 Å². The van der Waals surface area contributed by atoms with Gasteiger partial charge in [-0.05, 0) is 74.5 Å². The van der Waals surface area contributed by atoms with E-state index < -0.39 is 5.97 Å². The van der Waals surface area contributed by atoms with E-state index in [0.29, 0.717) is 11.8 Å². The van der Waals surface area contributed by atoms with E-state index in [2.05, 4.69) is 12.2 Å². The van der Waals surface area contributed by atoms with Gasteiger partial charge in [-0.25, -0.2) is 0 Å². The number of carbonyl (C=O) groups is 2. The van der Waals surface area contributed by atoms with Crippen LogP contribution >= 0.6 is 0 Å². The van der Waals surface area contributed by atoms with Crippen molar-refractivity contribution in [3.8, 4) is 0 Å². The van der Waals surface area contributed by atoms with Crippen LogP contribution in [0.5, 0.6) is 0 Å². The van der Waals surface area contributed by atoms with Crippen molar-refractivity contribution < 1.29 is 14.7 Å². The van der Waals surface area contributed by atoms with Crippen LogP contribution in [0.2, 0.25) is 0 Å². The summed E-state index contributed by atoms with van der Waals surface area (Å²) < 4.78 is 0. The lowest BCUT2D eigenvalue weighted by Gasteiger charge is -2.64. The fourth-order valence-corrected chi connectivity index (χ4v) is 6.00. The number of rotatable bonds is 4. The Kier molecular flexibility index (Phi) is 3.11. The zero-order chi connectivity index (χ0) is 14.5. The van der Waals surface area contributed by atoms with Crippen LogP contribution in [-0.2, 0) is 9.59 Å². The highest BCUT2D eigenvalue weighted by Gasteiger charge is 2.59. The second kappa shape index (κ2) is 4.47. The minimum atomic E-state index is -0.908. The molecule has 0 saturated heterocycles. The van der Waals surface area contributed by atoms with Crippen molar-refractivity contribution in [2.75, 3.05) is 0 Å². The second-order valence-electron chi connectivity index (χ2n) is 7.79. The van der Waals surface area contributed by atoms with Crippen LogP contribution < -0.4 is 10.4 Å². The van der Waals surface area contributed by atoms with E-state index in [-0.39, 0.29) is 29.2 Å². The predicted octanol–water partition coefficient (Wildman–Crippen LogP) is 1.24. The average Bonchev–Trinajstić information content (AvgIpc) is 2.23. The minimum Gasteiger partial charge on any atom is -0.550 e. The first kappa shape index (κ1) is 13.9. The highest BCUT2D eigenvalue weighted by molar-refractivity contribution is 5.73.